The molecule has 3 heterocycles. The summed E-state index contributed by atoms with van der Waals surface area (Å²) in [6.45, 7) is 0. The van der Waals surface area contributed by atoms with Gasteiger partial charge in [-0.05, 0) is 58.6 Å². The predicted molar refractivity (Wildman–Crippen MR) is 203 cm³/mol. The Bertz CT molecular complexity index is 2760. The van der Waals surface area contributed by atoms with Crippen molar-refractivity contribution in [3.05, 3.63) is 163 Å². The summed E-state index contributed by atoms with van der Waals surface area (Å²) in [7, 11) is 0. The first-order chi connectivity index (χ1) is 23.8. The van der Waals surface area contributed by atoms with Crippen LogP contribution in [-0.4, -0.2) is 14.5 Å². The van der Waals surface area contributed by atoms with Gasteiger partial charge in [0.15, 0.2) is 5.82 Å². The summed E-state index contributed by atoms with van der Waals surface area (Å²) in [5.74, 6) is 0.709. The summed E-state index contributed by atoms with van der Waals surface area (Å²) in [5.41, 5.74) is 8.48. The number of benzene rings is 7. The van der Waals surface area contributed by atoms with Crippen molar-refractivity contribution in [1.82, 2.24) is 14.5 Å². The van der Waals surface area contributed by atoms with Crippen LogP contribution in [0.4, 0.5) is 0 Å². The zero-order valence-corrected chi connectivity index (χ0v) is 26.7. The summed E-state index contributed by atoms with van der Waals surface area (Å²) in [6, 6.07) is 56.0. The largest absolute Gasteiger partial charge is 0.309 e. The van der Waals surface area contributed by atoms with Crippen molar-refractivity contribution < 1.29 is 0 Å². The quantitative estimate of drug-likeness (QED) is 0.194. The molecule has 48 heavy (non-hydrogen) atoms. The molecule has 0 bridgehead atoms. The van der Waals surface area contributed by atoms with E-state index in [1.165, 1.54) is 53.4 Å². The van der Waals surface area contributed by atoms with Gasteiger partial charge in [-0.15, -0.1) is 11.3 Å². The Hall–Kier alpha value is -6.10. The third-order valence-electron chi connectivity index (χ3n) is 9.47. The lowest BCUT2D eigenvalue weighted by Gasteiger charge is -2.12. The molecule has 7 aromatic carbocycles. The molecule has 0 spiro atoms. The van der Waals surface area contributed by atoms with Crippen LogP contribution in [0.1, 0.15) is 0 Å². The number of rotatable bonds is 4. The minimum absolute atomic E-state index is 0.709. The highest BCUT2D eigenvalue weighted by atomic mass is 32.1. The molecule has 0 aliphatic carbocycles. The summed E-state index contributed by atoms with van der Waals surface area (Å²) in [6.07, 6.45) is 0. The molecular weight excluding hydrogens is 603 g/mol. The van der Waals surface area contributed by atoms with Crippen LogP contribution in [-0.2, 0) is 0 Å². The number of fused-ring (bicyclic) bond motifs is 10. The molecule has 0 aliphatic rings. The van der Waals surface area contributed by atoms with Crippen LogP contribution in [0.2, 0.25) is 0 Å². The van der Waals surface area contributed by atoms with Crippen molar-refractivity contribution in [2.45, 2.75) is 0 Å². The molecule has 10 rings (SSSR count). The molecule has 0 amide bonds. The molecule has 3 nitrogen and oxygen atoms in total. The fourth-order valence-electron chi connectivity index (χ4n) is 7.30. The molecule has 10 aromatic rings. The Kier molecular flexibility index (Phi) is 6.05. The van der Waals surface area contributed by atoms with Crippen molar-refractivity contribution in [3.63, 3.8) is 0 Å². The lowest BCUT2D eigenvalue weighted by molar-refractivity contribution is 1.17. The zero-order valence-electron chi connectivity index (χ0n) is 25.8. The van der Waals surface area contributed by atoms with Crippen LogP contribution < -0.4 is 0 Å². The van der Waals surface area contributed by atoms with Gasteiger partial charge in [-0.2, -0.15) is 0 Å². The second-order valence-corrected chi connectivity index (χ2v) is 13.1. The van der Waals surface area contributed by atoms with E-state index in [9.17, 15) is 0 Å². The van der Waals surface area contributed by atoms with E-state index in [1.807, 2.05) is 23.5 Å². The standard InChI is InChI=1S/C44H27N3S/c1-3-12-29(13-4-1)37-27-38(30-14-5-2-6-15-30)46-44(45-37)31-19-22-32(23-20-31)47-39-24-21-28-11-7-8-16-33(28)40(39)41-36-25-26-48-43(36)35-18-10-9-17-34(35)42(41)47/h1-27H. The minimum atomic E-state index is 0.709. The monoisotopic (exact) mass is 629 g/mol. The van der Waals surface area contributed by atoms with Crippen LogP contribution >= 0.6 is 11.3 Å². The van der Waals surface area contributed by atoms with E-state index in [2.05, 4.69) is 156 Å². The number of nitrogens with zero attached hydrogens (tertiary/aromatic N) is 3. The molecule has 224 valence electrons. The highest BCUT2D eigenvalue weighted by Gasteiger charge is 2.21. The average molecular weight is 630 g/mol. The summed E-state index contributed by atoms with van der Waals surface area (Å²) < 4.78 is 3.79. The van der Waals surface area contributed by atoms with Crippen molar-refractivity contribution in [1.29, 1.82) is 0 Å². The van der Waals surface area contributed by atoms with Gasteiger partial charge < -0.3 is 4.57 Å². The predicted octanol–water partition coefficient (Wildman–Crippen LogP) is 12.1. The fourth-order valence-corrected chi connectivity index (χ4v) is 8.24. The number of aromatic nitrogens is 3. The molecule has 0 saturated heterocycles. The highest BCUT2D eigenvalue weighted by Crippen LogP contribution is 2.46. The molecule has 0 saturated carbocycles. The Balaban J connectivity index is 1.22. The second-order valence-electron chi connectivity index (χ2n) is 12.2. The van der Waals surface area contributed by atoms with E-state index in [1.54, 1.807) is 0 Å². The number of hydrogen-bond donors (Lipinski definition) is 0. The summed E-state index contributed by atoms with van der Waals surface area (Å²) in [4.78, 5) is 10.2. The van der Waals surface area contributed by atoms with Gasteiger partial charge in [-0.3, -0.25) is 0 Å². The Morgan fingerprint density at radius 1 is 0.458 bits per heavy atom. The maximum atomic E-state index is 5.08. The van der Waals surface area contributed by atoms with Crippen LogP contribution in [0.25, 0.3) is 93.0 Å². The molecule has 0 fully saturated rings. The molecule has 0 N–H and O–H groups in total. The second kappa shape index (κ2) is 10.7. The smallest absolute Gasteiger partial charge is 0.160 e. The van der Waals surface area contributed by atoms with Crippen LogP contribution in [0.5, 0.6) is 0 Å². The zero-order chi connectivity index (χ0) is 31.6. The van der Waals surface area contributed by atoms with Gasteiger partial charge >= 0.3 is 0 Å². The van der Waals surface area contributed by atoms with Crippen molar-refractivity contribution >= 4 is 64.8 Å². The SMILES string of the molecule is c1ccc(-c2cc(-c3ccccc3)nc(-c3ccc(-n4c5ccc6ccccc6c5c5c6ccsc6c6ccccc6c54)cc3)n2)cc1. The van der Waals surface area contributed by atoms with Gasteiger partial charge in [0.25, 0.3) is 0 Å². The highest BCUT2D eigenvalue weighted by molar-refractivity contribution is 7.18. The van der Waals surface area contributed by atoms with Crippen molar-refractivity contribution in [3.8, 4) is 39.6 Å². The Labute approximate surface area is 281 Å². The average Bonchev–Trinajstić information content (AvgIpc) is 3.80. The third-order valence-corrected chi connectivity index (χ3v) is 10.4. The van der Waals surface area contributed by atoms with Gasteiger partial charge in [0.05, 0.1) is 22.4 Å². The third kappa shape index (κ3) is 4.13. The minimum Gasteiger partial charge on any atom is -0.309 e. The van der Waals surface area contributed by atoms with Gasteiger partial charge in [0, 0.05) is 54.0 Å². The topological polar surface area (TPSA) is 30.7 Å². The first-order valence-corrected chi connectivity index (χ1v) is 17.0. The Morgan fingerprint density at radius 2 is 1.08 bits per heavy atom. The van der Waals surface area contributed by atoms with E-state index in [0.29, 0.717) is 5.82 Å². The van der Waals surface area contributed by atoms with E-state index in [4.69, 9.17) is 9.97 Å². The van der Waals surface area contributed by atoms with E-state index < -0.39 is 0 Å². The number of hydrogen-bond acceptors (Lipinski definition) is 3. The maximum absolute atomic E-state index is 5.08. The molecule has 4 heteroatoms. The summed E-state index contributed by atoms with van der Waals surface area (Å²) >= 11 is 1.83. The maximum Gasteiger partial charge on any atom is 0.160 e. The molecule has 3 aromatic heterocycles. The van der Waals surface area contributed by atoms with E-state index in [0.717, 1.165) is 33.8 Å². The van der Waals surface area contributed by atoms with E-state index >= 15 is 0 Å². The first-order valence-electron chi connectivity index (χ1n) is 16.2. The molecule has 0 unspecified atom stereocenters. The van der Waals surface area contributed by atoms with Gasteiger partial charge in [0.2, 0.25) is 0 Å². The molecule has 0 atom stereocenters. The van der Waals surface area contributed by atoms with Crippen molar-refractivity contribution in [2.24, 2.45) is 0 Å². The van der Waals surface area contributed by atoms with Crippen LogP contribution in [0.3, 0.4) is 0 Å². The van der Waals surface area contributed by atoms with Gasteiger partial charge in [-0.25, -0.2) is 9.97 Å². The lowest BCUT2D eigenvalue weighted by atomic mass is 9.99. The normalized spacial score (nSPS) is 11.8. The summed E-state index contributed by atoms with van der Waals surface area (Å²) in [5, 5.41) is 11.2. The first kappa shape index (κ1) is 27.1. The van der Waals surface area contributed by atoms with Gasteiger partial charge in [0.1, 0.15) is 0 Å². The molecular formula is C44H27N3S. The Morgan fingerprint density at radius 3 is 1.79 bits per heavy atom. The molecule has 0 radical (unpaired) electrons. The van der Waals surface area contributed by atoms with Crippen LogP contribution in [0, 0.1) is 0 Å². The fraction of sp³-hybridized carbons (Fsp3) is 0. The van der Waals surface area contributed by atoms with Gasteiger partial charge in [-0.1, -0.05) is 115 Å². The van der Waals surface area contributed by atoms with Crippen LogP contribution in [0.15, 0.2) is 163 Å². The number of thiophene rings is 1. The lowest BCUT2D eigenvalue weighted by Crippen LogP contribution is -1.97. The molecule has 0 aliphatic heterocycles. The van der Waals surface area contributed by atoms with E-state index in [-0.39, 0.29) is 0 Å². The van der Waals surface area contributed by atoms with Crippen molar-refractivity contribution in [2.75, 3.05) is 0 Å².